The molecule has 0 bridgehead atoms. The van der Waals surface area contributed by atoms with Crippen LogP contribution < -0.4 is 0 Å². The van der Waals surface area contributed by atoms with E-state index in [1.165, 1.54) is 244 Å². The van der Waals surface area contributed by atoms with Crippen LogP contribution in [0.3, 0.4) is 0 Å². The zero-order chi connectivity index (χ0) is 50.4. The van der Waals surface area contributed by atoms with Gasteiger partial charge in [-0.3, -0.25) is 14.4 Å². The monoisotopic (exact) mass is 975 g/mol. The number of ether oxygens (including phenoxy) is 3. The fourth-order valence-electron chi connectivity index (χ4n) is 9.73. The smallest absolute Gasteiger partial charge is 0.306 e. The van der Waals surface area contributed by atoms with E-state index in [1.807, 2.05) is 0 Å². The zero-order valence-corrected chi connectivity index (χ0v) is 47.5. The van der Waals surface area contributed by atoms with Gasteiger partial charge in [-0.2, -0.15) is 0 Å². The summed E-state index contributed by atoms with van der Waals surface area (Å²) in [5, 5.41) is 0. The Bertz CT molecular complexity index is 1060. The second kappa shape index (κ2) is 55.7. The number of esters is 3. The van der Waals surface area contributed by atoms with Crippen LogP contribution in [0.5, 0.6) is 0 Å². The van der Waals surface area contributed by atoms with Gasteiger partial charge < -0.3 is 14.2 Å². The van der Waals surface area contributed by atoms with Crippen molar-refractivity contribution < 1.29 is 28.6 Å². The van der Waals surface area contributed by atoms with Crippen LogP contribution in [0, 0.1) is 11.8 Å². The van der Waals surface area contributed by atoms with Crippen molar-refractivity contribution in [1.29, 1.82) is 0 Å². The van der Waals surface area contributed by atoms with Gasteiger partial charge in [-0.05, 0) is 31.1 Å². The second-order valence-electron chi connectivity index (χ2n) is 22.4. The minimum atomic E-state index is -0.763. The first kappa shape index (κ1) is 67.4. The highest BCUT2D eigenvalue weighted by Crippen LogP contribution is 2.19. The SMILES string of the molecule is CCCCCCCCCCCCCC(=O)OC[C@H](COC(=O)CCCCCCCCCCCCCCCCCC(C)C)OC(=O)CCCCCCCCCCCCCCCCCCCCC(C)CC. The molecular weight excluding hydrogens is 853 g/mol. The van der Waals surface area contributed by atoms with Crippen LogP contribution >= 0.6 is 0 Å². The fourth-order valence-corrected chi connectivity index (χ4v) is 9.73. The molecule has 0 aromatic rings. The lowest BCUT2D eigenvalue weighted by molar-refractivity contribution is -0.167. The van der Waals surface area contributed by atoms with Gasteiger partial charge in [-0.25, -0.2) is 0 Å². The quantitative estimate of drug-likeness (QED) is 0.0343. The van der Waals surface area contributed by atoms with Gasteiger partial charge in [0.05, 0.1) is 0 Å². The normalized spacial score (nSPS) is 12.4. The Hall–Kier alpha value is -1.59. The van der Waals surface area contributed by atoms with Crippen LogP contribution in [-0.4, -0.2) is 37.2 Å². The van der Waals surface area contributed by atoms with E-state index in [0.717, 1.165) is 69.6 Å². The number of carbonyl (C=O) groups excluding carboxylic acids is 3. The molecule has 0 aliphatic carbocycles. The van der Waals surface area contributed by atoms with Gasteiger partial charge in [0.2, 0.25) is 0 Å². The maximum Gasteiger partial charge on any atom is 0.306 e. The van der Waals surface area contributed by atoms with Crippen molar-refractivity contribution in [2.75, 3.05) is 13.2 Å². The molecule has 0 spiro atoms. The van der Waals surface area contributed by atoms with E-state index in [4.69, 9.17) is 14.2 Å². The summed E-state index contributed by atoms with van der Waals surface area (Å²) in [5.41, 5.74) is 0. The van der Waals surface area contributed by atoms with Gasteiger partial charge in [0, 0.05) is 19.3 Å². The Labute approximate surface area is 431 Å². The molecule has 0 amide bonds. The van der Waals surface area contributed by atoms with Gasteiger partial charge in [-0.1, -0.05) is 317 Å². The summed E-state index contributed by atoms with van der Waals surface area (Å²) in [5.74, 6) is 0.924. The summed E-state index contributed by atoms with van der Waals surface area (Å²) < 4.78 is 16.9. The van der Waals surface area contributed by atoms with Crippen LogP contribution in [0.2, 0.25) is 0 Å². The van der Waals surface area contributed by atoms with E-state index in [-0.39, 0.29) is 31.1 Å². The number of carbonyl (C=O) groups is 3. The lowest BCUT2D eigenvalue weighted by Gasteiger charge is -2.18. The van der Waals surface area contributed by atoms with Crippen molar-refractivity contribution >= 4 is 17.9 Å². The van der Waals surface area contributed by atoms with Crippen LogP contribution in [0.1, 0.15) is 356 Å². The molecule has 0 saturated heterocycles. The predicted octanol–water partition coefficient (Wildman–Crippen LogP) is 20.8. The van der Waals surface area contributed by atoms with Crippen molar-refractivity contribution in [1.82, 2.24) is 0 Å². The molecule has 1 unspecified atom stereocenters. The first-order valence-corrected chi connectivity index (χ1v) is 31.3. The predicted molar refractivity (Wildman–Crippen MR) is 298 cm³/mol. The van der Waals surface area contributed by atoms with Gasteiger partial charge in [0.1, 0.15) is 13.2 Å². The highest BCUT2D eigenvalue weighted by Gasteiger charge is 2.19. The molecule has 0 aromatic heterocycles. The second-order valence-corrected chi connectivity index (χ2v) is 22.4. The van der Waals surface area contributed by atoms with E-state index in [9.17, 15) is 14.4 Å². The molecule has 0 rings (SSSR count). The van der Waals surface area contributed by atoms with Crippen LogP contribution in [-0.2, 0) is 28.6 Å². The number of unbranched alkanes of at least 4 members (excludes halogenated alkanes) is 41. The van der Waals surface area contributed by atoms with E-state index in [1.54, 1.807) is 0 Å². The average molecular weight is 976 g/mol. The molecular formula is C63H122O6. The number of rotatable bonds is 57. The van der Waals surface area contributed by atoms with Gasteiger partial charge in [-0.15, -0.1) is 0 Å². The summed E-state index contributed by atoms with van der Waals surface area (Å²) >= 11 is 0. The van der Waals surface area contributed by atoms with Gasteiger partial charge >= 0.3 is 17.9 Å². The molecule has 410 valence electrons. The van der Waals surface area contributed by atoms with Crippen LogP contribution in [0.25, 0.3) is 0 Å². The maximum atomic E-state index is 12.9. The highest BCUT2D eigenvalue weighted by atomic mass is 16.6. The van der Waals surface area contributed by atoms with Crippen LogP contribution in [0.4, 0.5) is 0 Å². The first-order chi connectivity index (χ1) is 33.8. The number of hydrogen-bond donors (Lipinski definition) is 0. The van der Waals surface area contributed by atoms with Crippen molar-refractivity contribution in [2.24, 2.45) is 11.8 Å². The Morgan fingerprint density at radius 2 is 0.551 bits per heavy atom. The largest absolute Gasteiger partial charge is 0.462 e. The topological polar surface area (TPSA) is 78.9 Å². The molecule has 0 radical (unpaired) electrons. The summed E-state index contributed by atoms with van der Waals surface area (Å²) in [7, 11) is 0. The van der Waals surface area contributed by atoms with Crippen molar-refractivity contribution in [3.05, 3.63) is 0 Å². The fraction of sp³-hybridized carbons (Fsp3) is 0.952. The first-order valence-electron chi connectivity index (χ1n) is 31.3. The minimum absolute atomic E-state index is 0.0621. The molecule has 0 saturated carbocycles. The van der Waals surface area contributed by atoms with Gasteiger partial charge in [0.15, 0.2) is 6.10 Å². The van der Waals surface area contributed by atoms with Crippen molar-refractivity contribution in [3.8, 4) is 0 Å². The molecule has 0 heterocycles. The molecule has 0 aliphatic rings. The zero-order valence-electron chi connectivity index (χ0n) is 47.5. The molecule has 6 nitrogen and oxygen atoms in total. The molecule has 69 heavy (non-hydrogen) atoms. The third-order valence-corrected chi connectivity index (χ3v) is 14.8. The van der Waals surface area contributed by atoms with E-state index < -0.39 is 6.10 Å². The molecule has 0 fully saturated rings. The van der Waals surface area contributed by atoms with E-state index in [2.05, 4.69) is 34.6 Å². The Morgan fingerprint density at radius 3 is 0.826 bits per heavy atom. The van der Waals surface area contributed by atoms with Gasteiger partial charge in [0.25, 0.3) is 0 Å². The average Bonchev–Trinajstić information content (AvgIpc) is 3.34. The summed E-state index contributed by atoms with van der Waals surface area (Å²) in [4.78, 5) is 38.2. The molecule has 6 heteroatoms. The Balaban J connectivity index is 4.22. The highest BCUT2D eigenvalue weighted by molar-refractivity contribution is 5.71. The number of hydrogen-bond acceptors (Lipinski definition) is 6. The Morgan fingerprint density at radius 1 is 0.304 bits per heavy atom. The Kier molecular flexibility index (Phi) is 54.4. The summed E-state index contributed by atoms with van der Waals surface area (Å²) in [6.45, 7) is 11.5. The maximum absolute atomic E-state index is 12.9. The molecule has 0 N–H and O–H groups in total. The van der Waals surface area contributed by atoms with Crippen molar-refractivity contribution in [2.45, 2.75) is 362 Å². The summed E-state index contributed by atoms with van der Waals surface area (Å²) in [6, 6.07) is 0. The van der Waals surface area contributed by atoms with Crippen molar-refractivity contribution in [3.63, 3.8) is 0 Å². The third kappa shape index (κ3) is 55.6. The standard InChI is InChI=1S/C63H122O6/c1-6-8-9-10-11-12-26-33-38-43-48-53-61(64)67-56-60(57-68-62(65)54-49-44-39-34-29-24-21-17-18-22-27-31-36-41-46-51-58(3)4)69-63(66)55-50-45-40-35-30-25-20-16-14-13-15-19-23-28-32-37-42-47-52-59(5)7-2/h58-60H,6-57H2,1-5H3/t59?,60-/m1/s1. The lowest BCUT2D eigenvalue weighted by Crippen LogP contribution is -2.30. The van der Waals surface area contributed by atoms with E-state index >= 15 is 0 Å². The molecule has 0 aliphatic heterocycles. The molecule has 2 atom stereocenters. The minimum Gasteiger partial charge on any atom is -0.462 e. The summed E-state index contributed by atoms with van der Waals surface area (Å²) in [6.07, 6.45) is 61.0. The van der Waals surface area contributed by atoms with E-state index in [0.29, 0.717) is 19.3 Å². The third-order valence-electron chi connectivity index (χ3n) is 14.8. The lowest BCUT2D eigenvalue weighted by atomic mass is 9.99. The van der Waals surface area contributed by atoms with Crippen LogP contribution in [0.15, 0.2) is 0 Å². The molecule has 0 aromatic carbocycles.